The molecule has 0 fully saturated rings. The predicted octanol–water partition coefficient (Wildman–Crippen LogP) is 5.28. The molecule has 3 aromatic carbocycles. The van der Waals surface area contributed by atoms with Crippen LogP contribution in [0.3, 0.4) is 0 Å². The summed E-state index contributed by atoms with van der Waals surface area (Å²) in [5, 5.41) is 31.0. The number of phenols is 2. The number of methoxy groups -OCH3 is 1. The quantitative estimate of drug-likeness (QED) is 0.289. The first kappa shape index (κ1) is 21.0. The minimum absolute atomic E-state index is 0.00120. The van der Waals surface area contributed by atoms with Crippen molar-refractivity contribution in [2.75, 3.05) is 7.11 Å². The number of nitrogens with zero attached hydrogens (tertiary/aromatic N) is 3. The summed E-state index contributed by atoms with van der Waals surface area (Å²) < 4.78 is 5.80. The number of para-hydroxylation sites is 2. The number of aromatic hydroxyl groups is 2. The number of hydrogen-bond donors (Lipinski definition) is 2. The van der Waals surface area contributed by atoms with Crippen molar-refractivity contribution in [3.63, 3.8) is 0 Å². The zero-order chi connectivity index (χ0) is 21.7. The van der Waals surface area contributed by atoms with Crippen LogP contribution in [0.1, 0.15) is 11.1 Å². The highest BCUT2D eigenvalue weighted by atomic mass is 79.9. The van der Waals surface area contributed by atoms with Crippen LogP contribution < -0.4 is 4.74 Å². The van der Waals surface area contributed by atoms with Crippen LogP contribution in [0.4, 0.5) is 17.1 Å². The summed E-state index contributed by atoms with van der Waals surface area (Å²) in [5.74, 6) is 0.367. The molecule has 0 aromatic heterocycles. The van der Waals surface area contributed by atoms with E-state index in [9.17, 15) is 20.3 Å². The van der Waals surface area contributed by atoms with Crippen molar-refractivity contribution in [2.24, 2.45) is 9.98 Å². The van der Waals surface area contributed by atoms with E-state index >= 15 is 0 Å². The highest BCUT2D eigenvalue weighted by Gasteiger charge is 2.09. The zero-order valence-electron chi connectivity index (χ0n) is 15.7. The van der Waals surface area contributed by atoms with Gasteiger partial charge in [-0.2, -0.15) is 0 Å². The van der Waals surface area contributed by atoms with Crippen molar-refractivity contribution < 1.29 is 19.9 Å². The number of ether oxygens (including phenoxy) is 1. The third-order valence-electron chi connectivity index (χ3n) is 4.09. The van der Waals surface area contributed by atoms with Gasteiger partial charge in [-0.25, -0.2) is 0 Å². The van der Waals surface area contributed by atoms with Gasteiger partial charge in [0.1, 0.15) is 17.2 Å². The van der Waals surface area contributed by atoms with E-state index in [1.165, 1.54) is 43.8 Å². The summed E-state index contributed by atoms with van der Waals surface area (Å²) >= 11 is 3.36. The number of nitro benzene ring substituents is 1. The highest BCUT2D eigenvalue weighted by Crippen LogP contribution is 2.33. The SMILES string of the molecule is COc1cc(O)c(C=Nc2ccccc2N=Cc2cc([N+](=O)[O-])ccc2O)cc1Br. The Labute approximate surface area is 180 Å². The maximum atomic E-state index is 10.9. The summed E-state index contributed by atoms with van der Waals surface area (Å²) in [6.07, 6.45) is 2.82. The van der Waals surface area contributed by atoms with E-state index in [1.54, 1.807) is 30.3 Å². The number of benzene rings is 3. The summed E-state index contributed by atoms with van der Waals surface area (Å²) in [6, 6.07) is 13.8. The molecule has 30 heavy (non-hydrogen) atoms. The molecular formula is C21H16BrN3O5. The number of rotatable bonds is 6. The van der Waals surface area contributed by atoms with Gasteiger partial charge < -0.3 is 14.9 Å². The lowest BCUT2D eigenvalue weighted by Crippen LogP contribution is -1.90. The van der Waals surface area contributed by atoms with Crippen molar-refractivity contribution in [3.8, 4) is 17.2 Å². The first-order valence-electron chi connectivity index (χ1n) is 8.60. The minimum atomic E-state index is -0.547. The first-order chi connectivity index (χ1) is 14.4. The second-order valence-electron chi connectivity index (χ2n) is 6.05. The van der Waals surface area contributed by atoms with Crippen molar-refractivity contribution in [3.05, 3.63) is 80.3 Å². The molecule has 3 rings (SSSR count). The van der Waals surface area contributed by atoms with Gasteiger partial charge in [-0.05, 0) is 40.2 Å². The fraction of sp³-hybridized carbons (Fsp3) is 0.0476. The van der Waals surface area contributed by atoms with Crippen LogP contribution in [0, 0.1) is 10.1 Å². The van der Waals surface area contributed by atoms with Gasteiger partial charge in [0, 0.05) is 41.8 Å². The van der Waals surface area contributed by atoms with Gasteiger partial charge in [0.15, 0.2) is 0 Å². The summed E-state index contributed by atoms with van der Waals surface area (Å²) in [4.78, 5) is 19.1. The number of hydrogen-bond acceptors (Lipinski definition) is 7. The molecule has 2 N–H and O–H groups in total. The van der Waals surface area contributed by atoms with E-state index in [-0.39, 0.29) is 22.7 Å². The number of halogens is 1. The molecule has 0 aliphatic heterocycles. The van der Waals surface area contributed by atoms with Crippen LogP contribution in [0.25, 0.3) is 0 Å². The van der Waals surface area contributed by atoms with Crippen molar-refractivity contribution in [2.45, 2.75) is 0 Å². The lowest BCUT2D eigenvalue weighted by atomic mass is 10.2. The van der Waals surface area contributed by atoms with E-state index in [0.717, 1.165) is 0 Å². The fourth-order valence-corrected chi connectivity index (χ4v) is 3.06. The van der Waals surface area contributed by atoms with E-state index in [1.807, 2.05) is 0 Å². The molecule has 0 spiro atoms. The van der Waals surface area contributed by atoms with E-state index in [4.69, 9.17) is 4.74 Å². The van der Waals surface area contributed by atoms with E-state index in [0.29, 0.717) is 27.2 Å². The molecule has 152 valence electrons. The molecule has 0 bridgehead atoms. The average molecular weight is 470 g/mol. The standard InChI is InChI=1S/C21H16BrN3O5/c1-30-21-10-20(27)14(9-16(21)22)12-24-18-5-3-2-4-17(18)23-11-13-8-15(25(28)29)6-7-19(13)26/h2-12,26-27H,1H3. The molecule has 0 amide bonds. The predicted molar refractivity (Wildman–Crippen MR) is 118 cm³/mol. The minimum Gasteiger partial charge on any atom is -0.507 e. The third kappa shape index (κ3) is 4.81. The van der Waals surface area contributed by atoms with Crippen LogP contribution in [0.2, 0.25) is 0 Å². The lowest BCUT2D eigenvalue weighted by Gasteiger charge is -2.06. The van der Waals surface area contributed by atoms with Gasteiger partial charge in [-0.15, -0.1) is 0 Å². The maximum absolute atomic E-state index is 10.9. The number of nitro groups is 1. The fourth-order valence-electron chi connectivity index (χ4n) is 2.54. The second kappa shape index (κ2) is 9.19. The Hall–Kier alpha value is -3.72. The molecule has 3 aromatic rings. The van der Waals surface area contributed by atoms with E-state index < -0.39 is 4.92 Å². The maximum Gasteiger partial charge on any atom is 0.270 e. The molecule has 0 heterocycles. The van der Waals surface area contributed by atoms with Gasteiger partial charge in [0.25, 0.3) is 5.69 Å². The van der Waals surface area contributed by atoms with Crippen LogP contribution in [-0.2, 0) is 0 Å². The summed E-state index contributed by atoms with van der Waals surface area (Å²) in [6.45, 7) is 0. The van der Waals surface area contributed by atoms with Crippen molar-refractivity contribution in [1.29, 1.82) is 0 Å². The van der Waals surface area contributed by atoms with Crippen molar-refractivity contribution >= 4 is 45.4 Å². The smallest absolute Gasteiger partial charge is 0.270 e. The molecule has 0 aliphatic rings. The third-order valence-corrected chi connectivity index (χ3v) is 4.71. The zero-order valence-corrected chi connectivity index (χ0v) is 17.3. The molecule has 0 saturated heterocycles. The Kier molecular flexibility index (Phi) is 6.43. The van der Waals surface area contributed by atoms with Gasteiger partial charge in [-0.1, -0.05) is 12.1 Å². The van der Waals surface area contributed by atoms with Crippen LogP contribution in [-0.4, -0.2) is 34.7 Å². The lowest BCUT2D eigenvalue weighted by molar-refractivity contribution is -0.384. The number of non-ortho nitro benzene ring substituents is 1. The Bertz CT molecular complexity index is 1160. The topological polar surface area (TPSA) is 118 Å². The molecule has 0 radical (unpaired) electrons. The van der Waals surface area contributed by atoms with Gasteiger partial charge in [0.2, 0.25) is 0 Å². The summed E-state index contributed by atoms with van der Waals surface area (Å²) in [7, 11) is 1.50. The molecular weight excluding hydrogens is 454 g/mol. The molecule has 0 aliphatic carbocycles. The second-order valence-corrected chi connectivity index (χ2v) is 6.91. The Morgan fingerprint density at radius 3 is 2.13 bits per heavy atom. The Balaban J connectivity index is 1.92. The monoisotopic (exact) mass is 469 g/mol. The molecule has 0 unspecified atom stereocenters. The van der Waals surface area contributed by atoms with Crippen LogP contribution in [0.5, 0.6) is 17.2 Å². The first-order valence-corrected chi connectivity index (χ1v) is 9.39. The molecule has 9 heteroatoms. The van der Waals surface area contributed by atoms with Gasteiger partial charge in [-0.3, -0.25) is 20.1 Å². The highest BCUT2D eigenvalue weighted by molar-refractivity contribution is 9.10. The van der Waals surface area contributed by atoms with Crippen molar-refractivity contribution in [1.82, 2.24) is 0 Å². The molecule has 0 saturated carbocycles. The van der Waals surface area contributed by atoms with Crippen LogP contribution in [0.15, 0.2) is 69.1 Å². The van der Waals surface area contributed by atoms with Crippen LogP contribution >= 0.6 is 15.9 Å². The number of phenolic OH excluding ortho intramolecular Hbond substituents is 2. The Morgan fingerprint density at radius 1 is 0.967 bits per heavy atom. The molecule has 8 nitrogen and oxygen atoms in total. The van der Waals surface area contributed by atoms with E-state index in [2.05, 4.69) is 25.9 Å². The molecule has 0 atom stereocenters. The average Bonchev–Trinajstić information content (AvgIpc) is 2.73. The summed E-state index contributed by atoms with van der Waals surface area (Å²) in [5.41, 5.74) is 1.51. The normalized spacial score (nSPS) is 11.3. The Morgan fingerprint density at radius 2 is 1.57 bits per heavy atom. The number of aliphatic imine (C=N–C) groups is 2. The largest absolute Gasteiger partial charge is 0.507 e. The van der Waals surface area contributed by atoms with Gasteiger partial charge >= 0.3 is 0 Å². The van der Waals surface area contributed by atoms with Gasteiger partial charge in [0.05, 0.1) is 27.9 Å².